The summed E-state index contributed by atoms with van der Waals surface area (Å²) in [6.07, 6.45) is 1.07. The van der Waals surface area contributed by atoms with Gasteiger partial charge in [0.1, 0.15) is 17.5 Å². The molecule has 0 aliphatic carbocycles. The third-order valence-electron chi connectivity index (χ3n) is 5.93. The second-order valence-electron chi connectivity index (χ2n) is 9.44. The first-order chi connectivity index (χ1) is 17.1. The molecule has 1 aliphatic rings. The fraction of sp³-hybridized carbons (Fsp3) is 0.444. The molecule has 0 unspecified atom stereocenters. The molecule has 192 valence electrons. The first-order valence-corrected chi connectivity index (χ1v) is 12.0. The van der Waals surface area contributed by atoms with Gasteiger partial charge in [-0.25, -0.2) is 14.2 Å². The lowest BCUT2D eigenvalue weighted by Gasteiger charge is -2.37. The van der Waals surface area contributed by atoms with Crippen LogP contribution in [0.2, 0.25) is 0 Å². The molecule has 2 aromatic rings. The van der Waals surface area contributed by atoms with E-state index in [1.54, 1.807) is 42.0 Å². The van der Waals surface area contributed by atoms with Gasteiger partial charge in [0, 0.05) is 42.9 Å². The van der Waals surface area contributed by atoms with Crippen molar-refractivity contribution in [2.75, 3.05) is 26.7 Å². The summed E-state index contributed by atoms with van der Waals surface area (Å²) >= 11 is 0. The number of fused-ring (bicyclic) bond motifs is 1. The molecule has 9 heteroatoms. The van der Waals surface area contributed by atoms with Crippen LogP contribution in [0.25, 0.3) is 0 Å². The number of nitrogens with zero attached hydrogens (tertiary/aromatic N) is 3. The van der Waals surface area contributed by atoms with Gasteiger partial charge in [-0.3, -0.25) is 4.79 Å². The van der Waals surface area contributed by atoms with Gasteiger partial charge in [0.2, 0.25) is 5.88 Å². The van der Waals surface area contributed by atoms with E-state index < -0.39 is 12.1 Å². The van der Waals surface area contributed by atoms with Gasteiger partial charge in [-0.2, -0.15) is 0 Å². The van der Waals surface area contributed by atoms with Crippen molar-refractivity contribution in [2.45, 2.75) is 45.9 Å². The van der Waals surface area contributed by atoms with Crippen molar-refractivity contribution in [2.24, 2.45) is 5.92 Å². The Labute approximate surface area is 211 Å². The molecule has 36 heavy (non-hydrogen) atoms. The Balaban J connectivity index is 1.95. The minimum atomic E-state index is -0.447. The summed E-state index contributed by atoms with van der Waals surface area (Å²) < 4.78 is 19.4. The zero-order valence-electron chi connectivity index (χ0n) is 21.3. The van der Waals surface area contributed by atoms with Crippen LogP contribution in [0.15, 0.2) is 36.5 Å². The van der Waals surface area contributed by atoms with E-state index in [2.05, 4.69) is 22.1 Å². The SMILES string of the molecule is CC(C)NC(=O)N(C)C[C@H]1Oc2ncc(C#Cc3ccc(F)cc3)cc2C(=O)N([C@@H](C)CO)C[C@@H]1C. The molecule has 0 fully saturated rings. The number of rotatable bonds is 5. The van der Waals surface area contributed by atoms with Crippen molar-refractivity contribution in [3.63, 3.8) is 0 Å². The van der Waals surface area contributed by atoms with Crippen LogP contribution < -0.4 is 10.1 Å². The van der Waals surface area contributed by atoms with Gasteiger partial charge in [-0.1, -0.05) is 18.8 Å². The molecule has 0 saturated heterocycles. The van der Waals surface area contributed by atoms with E-state index in [0.29, 0.717) is 17.7 Å². The monoisotopic (exact) mass is 496 g/mol. The number of likely N-dealkylation sites (N-methyl/N-ethyl adjacent to an activating group) is 1. The highest BCUT2D eigenvalue weighted by molar-refractivity contribution is 5.97. The van der Waals surface area contributed by atoms with Gasteiger partial charge in [0.05, 0.1) is 19.2 Å². The average Bonchev–Trinajstić information content (AvgIpc) is 2.84. The molecule has 0 radical (unpaired) electrons. The van der Waals surface area contributed by atoms with Gasteiger partial charge < -0.3 is 25.0 Å². The van der Waals surface area contributed by atoms with Gasteiger partial charge in [-0.05, 0) is 51.1 Å². The third kappa shape index (κ3) is 6.73. The molecule has 3 amide bonds. The van der Waals surface area contributed by atoms with E-state index in [-0.39, 0.29) is 54.3 Å². The van der Waals surface area contributed by atoms with E-state index in [9.17, 15) is 19.1 Å². The summed E-state index contributed by atoms with van der Waals surface area (Å²) in [5, 5.41) is 12.7. The van der Waals surface area contributed by atoms with Crippen LogP contribution in [0.3, 0.4) is 0 Å². The van der Waals surface area contributed by atoms with Gasteiger partial charge >= 0.3 is 6.03 Å². The Morgan fingerprint density at radius 2 is 1.94 bits per heavy atom. The topological polar surface area (TPSA) is 95.0 Å². The zero-order chi connectivity index (χ0) is 26.4. The Hall–Kier alpha value is -3.64. The lowest BCUT2D eigenvalue weighted by molar-refractivity contribution is 0.0351. The van der Waals surface area contributed by atoms with Gasteiger partial charge in [-0.15, -0.1) is 0 Å². The molecule has 0 saturated carbocycles. The minimum Gasteiger partial charge on any atom is -0.472 e. The highest BCUT2D eigenvalue weighted by Crippen LogP contribution is 2.27. The second kappa shape index (κ2) is 11.9. The Bertz CT molecular complexity index is 1140. The molecule has 1 aliphatic heterocycles. The smallest absolute Gasteiger partial charge is 0.317 e. The Morgan fingerprint density at radius 3 is 2.58 bits per heavy atom. The number of benzene rings is 1. The minimum absolute atomic E-state index is 0.00836. The van der Waals surface area contributed by atoms with Crippen molar-refractivity contribution in [1.29, 1.82) is 0 Å². The molecule has 0 bridgehead atoms. The van der Waals surface area contributed by atoms with Crippen molar-refractivity contribution >= 4 is 11.9 Å². The zero-order valence-corrected chi connectivity index (χ0v) is 21.3. The van der Waals surface area contributed by atoms with Crippen LogP contribution >= 0.6 is 0 Å². The van der Waals surface area contributed by atoms with E-state index in [1.165, 1.54) is 18.3 Å². The summed E-state index contributed by atoms with van der Waals surface area (Å²) in [6, 6.07) is 6.75. The summed E-state index contributed by atoms with van der Waals surface area (Å²) in [5.74, 6) is 5.23. The number of hydrogen-bond donors (Lipinski definition) is 2. The lowest BCUT2D eigenvalue weighted by atomic mass is 10.00. The highest BCUT2D eigenvalue weighted by Gasteiger charge is 2.34. The first-order valence-electron chi connectivity index (χ1n) is 12.0. The molecular weight excluding hydrogens is 463 g/mol. The van der Waals surface area contributed by atoms with Crippen molar-refractivity contribution in [3.8, 4) is 17.7 Å². The number of urea groups is 1. The molecule has 3 rings (SSSR count). The van der Waals surface area contributed by atoms with Crippen molar-refractivity contribution < 1.29 is 23.8 Å². The molecule has 1 aromatic carbocycles. The third-order valence-corrected chi connectivity index (χ3v) is 5.93. The standard InChI is InChI=1S/C27H33FN4O4/c1-17(2)30-27(35)31(5)15-24-18(3)14-32(19(4)16-33)26(34)23-12-21(13-29-25(23)36-24)7-6-20-8-10-22(28)11-9-20/h8-13,17-19,24,33H,14-16H2,1-5H3,(H,30,35)/t18-,19-,24+/m0/s1. The molecule has 2 heterocycles. The van der Waals surface area contributed by atoms with Crippen LogP contribution in [0.5, 0.6) is 5.88 Å². The van der Waals surface area contributed by atoms with Crippen molar-refractivity contribution in [3.05, 3.63) is 59.0 Å². The number of ether oxygens (including phenoxy) is 1. The number of amides is 3. The van der Waals surface area contributed by atoms with Gasteiger partial charge in [0.15, 0.2) is 0 Å². The van der Waals surface area contributed by atoms with E-state index in [1.807, 2.05) is 20.8 Å². The fourth-order valence-corrected chi connectivity index (χ4v) is 3.78. The lowest BCUT2D eigenvalue weighted by Crippen LogP contribution is -2.51. The van der Waals surface area contributed by atoms with Crippen LogP contribution in [-0.2, 0) is 0 Å². The molecule has 8 nitrogen and oxygen atoms in total. The van der Waals surface area contributed by atoms with Crippen LogP contribution in [0.1, 0.15) is 49.2 Å². The number of aromatic nitrogens is 1. The number of hydrogen-bond acceptors (Lipinski definition) is 5. The number of carbonyl (C=O) groups is 2. The number of halogens is 1. The summed E-state index contributed by atoms with van der Waals surface area (Å²) in [7, 11) is 1.69. The predicted molar refractivity (Wildman–Crippen MR) is 134 cm³/mol. The van der Waals surface area contributed by atoms with E-state index in [0.717, 1.165) is 0 Å². The number of nitrogens with one attached hydrogen (secondary N) is 1. The predicted octanol–water partition coefficient (Wildman–Crippen LogP) is 2.89. The molecule has 0 spiro atoms. The largest absolute Gasteiger partial charge is 0.472 e. The number of carbonyl (C=O) groups excluding carboxylic acids is 2. The molecule has 3 atom stereocenters. The molecular formula is C27H33FN4O4. The maximum absolute atomic E-state index is 13.5. The van der Waals surface area contributed by atoms with E-state index in [4.69, 9.17) is 4.74 Å². The van der Waals surface area contributed by atoms with Crippen molar-refractivity contribution in [1.82, 2.24) is 20.1 Å². The summed E-state index contributed by atoms with van der Waals surface area (Å²) in [6.45, 7) is 7.90. The normalized spacial score (nSPS) is 18.2. The van der Waals surface area contributed by atoms with Gasteiger partial charge in [0.25, 0.3) is 5.91 Å². The number of pyridine rings is 1. The van der Waals surface area contributed by atoms with Crippen LogP contribution in [-0.4, -0.2) is 76.8 Å². The maximum atomic E-state index is 13.5. The number of aliphatic hydroxyl groups excluding tert-OH is 1. The Morgan fingerprint density at radius 1 is 1.28 bits per heavy atom. The average molecular weight is 497 g/mol. The van der Waals surface area contributed by atoms with Crippen LogP contribution in [0.4, 0.5) is 9.18 Å². The summed E-state index contributed by atoms with van der Waals surface area (Å²) in [4.78, 5) is 33.5. The Kier molecular flexibility index (Phi) is 8.88. The van der Waals surface area contributed by atoms with E-state index >= 15 is 0 Å². The molecule has 2 N–H and O–H groups in total. The fourth-order valence-electron chi connectivity index (χ4n) is 3.78. The number of aliphatic hydroxyl groups is 1. The van der Waals surface area contributed by atoms with Crippen LogP contribution in [0, 0.1) is 23.6 Å². The molecule has 1 aromatic heterocycles. The summed E-state index contributed by atoms with van der Waals surface area (Å²) in [5.41, 5.74) is 1.34. The first kappa shape index (κ1) is 27.0. The highest BCUT2D eigenvalue weighted by atomic mass is 19.1. The quantitative estimate of drug-likeness (QED) is 0.621. The maximum Gasteiger partial charge on any atom is 0.317 e. The second-order valence-corrected chi connectivity index (χ2v) is 9.44.